The van der Waals surface area contributed by atoms with E-state index in [0.717, 1.165) is 29.6 Å². The van der Waals surface area contributed by atoms with Gasteiger partial charge in [0.15, 0.2) is 0 Å². The normalized spacial score (nSPS) is 18.8. The van der Waals surface area contributed by atoms with E-state index < -0.39 is 6.09 Å². The van der Waals surface area contributed by atoms with Crippen LogP contribution in [0.4, 0.5) is 4.79 Å². The maximum atomic E-state index is 12.8. The van der Waals surface area contributed by atoms with Crippen molar-refractivity contribution in [1.29, 1.82) is 0 Å². The second kappa shape index (κ2) is 12.1. The third kappa shape index (κ3) is 6.87. The molecule has 5 heteroatoms. The first kappa shape index (κ1) is 27.3. The van der Waals surface area contributed by atoms with E-state index in [0.29, 0.717) is 17.8 Å². The molecule has 0 aromatic heterocycles. The third-order valence-electron chi connectivity index (χ3n) is 7.53. The molecule has 5 nitrogen and oxygen atoms in total. The smallest absolute Gasteiger partial charge is 0.413 e. The first-order valence-electron chi connectivity index (χ1n) is 12.9. The molecule has 1 atom stereocenters. The lowest BCUT2D eigenvalue weighted by Gasteiger charge is -2.26. The lowest BCUT2D eigenvalue weighted by atomic mass is 9.90. The molecule has 1 amide bonds. The number of rotatable bonds is 10. The zero-order valence-corrected chi connectivity index (χ0v) is 22.7. The molecule has 0 heterocycles. The largest absolute Gasteiger partial charge is 0.441 e. The summed E-state index contributed by atoms with van der Waals surface area (Å²) in [5.74, 6) is 0.601. The van der Waals surface area contributed by atoms with Crippen LogP contribution in [0.2, 0.25) is 0 Å². The van der Waals surface area contributed by atoms with Gasteiger partial charge < -0.3 is 4.74 Å². The minimum absolute atomic E-state index is 0.367. The SMILES string of the molecule is C=NN(CC)/C(NC(=O)O[C@H](C)c1ccccc1)=C(\C)C1=CC=C(/C(C)=C/C=C(\C)C2(C)CC2)CC1. The second-order valence-electron chi connectivity index (χ2n) is 10.1. The van der Waals surface area contributed by atoms with Crippen molar-refractivity contribution in [2.75, 3.05) is 6.54 Å². The number of carbonyl (C=O) groups excluding carboxylic acids is 1. The zero-order chi connectivity index (χ0) is 26.3. The molecular weight excluding hydrogens is 446 g/mol. The maximum Gasteiger partial charge on any atom is 0.413 e. The molecular formula is C31H41N3O2. The summed E-state index contributed by atoms with van der Waals surface area (Å²) in [6, 6.07) is 9.70. The Hall–Kier alpha value is -3.34. The van der Waals surface area contributed by atoms with E-state index in [1.165, 1.54) is 29.6 Å². The summed E-state index contributed by atoms with van der Waals surface area (Å²) < 4.78 is 5.65. The Balaban J connectivity index is 1.77. The van der Waals surface area contributed by atoms with E-state index in [2.05, 4.69) is 62.2 Å². The highest BCUT2D eigenvalue weighted by Gasteiger charge is 2.38. The fourth-order valence-electron chi connectivity index (χ4n) is 4.33. The molecule has 1 fully saturated rings. The summed E-state index contributed by atoms with van der Waals surface area (Å²) in [5, 5.41) is 8.75. The third-order valence-corrected chi connectivity index (χ3v) is 7.53. The Labute approximate surface area is 217 Å². The van der Waals surface area contributed by atoms with Crippen molar-refractivity contribution in [3.63, 3.8) is 0 Å². The Morgan fingerprint density at radius 1 is 1.14 bits per heavy atom. The number of allylic oxidation sites excluding steroid dienone is 9. The van der Waals surface area contributed by atoms with Crippen molar-refractivity contribution >= 4 is 12.8 Å². The predicted molar refractivity (Wildman–Crippen MR) is 149 cm³/mol. The summed E-state index contributed by atoms with van der Waals surface area (Å²) in [6.07, 6.45) is 12.4. The summed E-state index contributed by atoms with van der Waals surface area (Å²) in [5.41, 5.74) is 7.60. The second-order valence-corrected chi connectivity index (χ2v) is 10.1. The monoisotopic (exact) mass is 487 g/mol. The predicted octanol–water partition coefficient (Wildman–Crippen LogP) is 7.98. The number of hydrogen-bond acceptors (Lipinski definition) is 4. The first-order chi connectivity index (χ1) is 17.2. The molecule has 0 radical (unpaired) electrons. The molecule has 36 heavy (non-hydrogen) atoms. The van der Waals surface area contributed by atoms with E-state index in [9.17, 15) is 4.79 Å². The van der Waals surface area contributed by atoms with Crippen LogP contribution in [-0.2, 0) is 4.74 Å². The zero-order valence-electron chi connectivity index (χ0n) is 22.7. The van der Waals surface area contributed by atoms with E-state index in [1.54, 1.807) is 5.01 Å². The fourth-order valence-corrected chi connectivity index (χ4v) is 4.33. The van der Waals surface area contributed by atoms with Gasteiger partial charge in [-0.1, -0.05) is 67.1 Å². The van der Waals surface area contributed by atoms with Gasteiger partial charge in [-0.15, -0.1) is 0 Å². The topological polar surface area (TPSA) is 53.9 Å². The molecule has 192 valence electrons. The molecule has 0 aliphatic heterocycles. The van der Waals surface area contributed by atoms with Crippen LogP contribution in [0.1, 0.15) is 78.9 Å². The molecule has 0 bridgehead atoms. The van der Waals surface area contributed by atoms with Crippen molar-refractivity contribution in [3.8, 4) is 0 Å². The highest BCUT2D eigenvalue weighted by atomic mass is 16.6. The minimum atomic E-state index is -0.513. The van der Waals surface area contributed by atoms with Gasteiger partial charge >= 0.3 is 6.09 Å². The van der Waals surface area contributed by atoms with Crippen molar-refractivity contribution in [3.05, 3.63) is 93.9 Å². The van der Waals surface area contributed by atoms with Crippen LogP contribution in [0.25, 0.3) is 0 Å². The number of amides is 1. The van der Waals surface area contributed by atoms with Gasteiger partial charge in [-0.3, -0.25) is 10.3 Å². The molecule has 2 aliphatic carbocycles. The number of alkyl carbamates (subject to hydrolysis) is 1. The van der Waals surface area contributed by atoms with Gasteiger partial charge in [0, 0.05) is 13.3 Å². The quantitative estimate of drug-likeness (QED) is 0.207. The van der Waals surface area contributed by atoms with Gasteiger partial charge in [0.1, 0.15) is 11.9 Å². The standard InChI is InChI=1S/C31H41N3O2/c1-8-34(32-7)29(33-30(35)36-25(5)28-12-10-9-11-13-28)24(4)27-18-16-26(17-19-27)22(2)14-15-23(3)31(6)20-21-31/h9-16,18,25H,7-8,17,19-21H2,1-6H3,(H,33,35)/b22-14+,23-15+,29-24+/t25-/m1/s1. The van der Waals surface area contributed by atoms with Crippen LogP contribution < -0.4 is 5.32 Å². The van der Waals surface area contributed by atoms with Crippen LogP contribution in [-0.4, -0.2) is 24.4 Å². The number of carbonyl (C=O) groups is 1. The van der Waals surface area contributed by atoms with Crippen LogP contribution in [0.15, 0.2) is 93.4 Å². The lowest BCUT2D eigenvalue weighted by molar-refractivity contribution is 0.106. The molecule has 3 rings (SSSR count). The van der Waals surface area contributed by atoms with Crippen molar-refractivity contribution in [2.24, 2.45) is 10.5 Å². The average molecular weight is 488 g/mol. The van der Waals surface area contributed by atoms with Gasteiger partial charge in [-0.25, -0.2) is 4.79 Å². The number of hydrogen-bond donors (Lipinski definition) is 1. The van der Waals surface area contributed by atoms with E-state index in [4.69, 9.17) is 4.74 Å². The molecule has 2 aliphatic rings. The van der Waals surface area contributed by atoms with Gasteiger partial charge in [0.05, 0.1) is 0 Å². The van der Waals surface area contributed by atoms with Gasteiger partial charge in [-0.2, -0.15) is 5.10 Å². The Bertz CT molecular complexity index is 1120. The van der Waals surface area contributed by atoms with E-state index in [1.807, 2.05) is 51.1 Å². The Morgan fingerprint density at radius 3 is 2.33 bits per heavy atom. The molecule has 0 saturated heterocycles. The van der Waals surface area contributed by atoms with Gasteiger partial charge in [-0.05, 0) is 93.6 Å². The highest BCUT2D eigenvalue weighted by molar-refractivity contribution is 5.70. The van der Waals surface area contributed by atoms with E-state index in [-0.39, 0.29) is 6.10 Å². The van der Waals surface area contributed by atoms with Crippen molar-refractivity contribution in [2.45, 2.75) is 73.3 Å². The number of nitrogens with one attached hydrogen (secondary N) is 1. The summed E-state index contributed by atoms with van der Waals surface area (Å²) in [4.78, 5) is 12.8. The van der Waals surface area contributed by atoms with Crippen molar-refractivity contribution in [1.82, 2.24) is 10.3 Å². The number of benzene rings is 1. The summed E-state index contributed by atoms with van der Waals surface area (Å²) in [6.45, 7) is 16.9. The van der Waals surface area contributed by atoms with Crippen molar-refractivity contribution < 1.29 is 9.53 Å². The minimum Gasteiger partial charge on any atom is -0.441 e. The van der Waals surface area contributed by atoms with E-state index >= 15 is 0 Å². The fraction of sp³-hybridized carbons (Fsp3) is 0.419. The van der Waals surface area contributed by atoms with Crippen LogP contribution in [0.5, 0.6) is 0 Å². The molecule has 1 aromatic carbocycles. The molecule has 1 saturated carbocycles. The molecule has 1 aromatic rings. The number of nitrogens with zero attached hydrogens (tertiary/aromatic N) is 2. The van der Waals surface area contributed by atoms with Gasteiger partial charge in [0.25, 0.3) is 0 Å². The summed E-state index contributed by atoms with van der Waals surface area (Å²) in [7, 11) is 0. The molecule has 0 unspecified atom stereocenters. The van der Waals surface area contributed by atoms with Gasteiger partial charge in [0.2, 0.25) is 0 Å². The average Bonchev–Trinajstić information content (AvgIpc) is 3.65. The molecule has 0 spiro atoms. The summed E-state index contributed by atoms with van der Waals surface area (Å²) >= 11 is 0. The number of ether oxygens (including phenoxy) is 1. The first-order valence-corrected chi connectivity index (χ1v) is 12.9. The Morgan fingerprint density at radius 2 is 1.78 bits per heavy atom. The Kier molecular flexibility index (Phi) is 9.14. The van der Waals surface area contributed by atoms with Crippen LogP contribution >= 0.6 is 0 Å². The van der Waals surface area contributed by atoms with Crippen LogP contribution in [0, 0.1) is 5.41 Å². The maximum absolute atomic E-state index is 12.8. The van der Waals surface area contributed by atoms with Crippen LogP contribution in [0.3, 0.4) is 0 Å². The highest BCUT2D eigenvalue weighted by Crippen LogP contribution is 2.51. The lowest BCUT2D eigenvalue weighted by Crippen LogP contribution is -2.34. The molecule has 1 N–H and O–H groups in total. The number of hydrazone groups is 1.